The number of nitrogens with one attached hydrogen (secondary N) is 1. The van der Waals surface area contributed by atoms with E-state index in [1.165, 1.54) is 6.33 Å². The van der Waals surface area contributed by atoms with E-state index >= 15 is 0 Å². The first-order valence-corrected chi connectivity index (χ1v) is 9.33. The third kappa shape index (κ3) is 4.31. The lowest BCUT2D eigenvalue weighted by Crippen LogP contribution is -2.27. The van der Waals surface area contributed by atoms with Gasteiger partial charge >= 0.3 is 0 Å². The number of rotatable bonds is 8. The number of nitrogens with zero attached hydrogens (tertiary/aromatic N) is 3. The topological polar surface area (TPSA) is 78.3 Å². The number of amides is 1. The smallest absolute Gasteiger partial charge is 0.231 e. The summed E-state index contributed by atoms with van der Waals surface area (Å²) < 4.78 is 12.7. The van der Waals surface area contributed by atoms with Gasteiger partial charge in [-0.15, -0.1) is 0 Å². The number of aromatic nitrogens is 3. The van der Waals surface area contributed by atoms with Crippen molar-refractivity contribution in [2.24, 2.45) is 0 Å². The predicted molar refractivity (Wildman–Crippen MR) is 103 cm³/mol. The van der Waals surface area contributed by atoms with Gasteiger partial charge in [0.05, 0.1) is 0 Å². The minimum atomic E-state index is -0.0500. The summed E-state index contributed by atoms with van der Waals surface area (Å²) in [5, 5.41) is 7.07. The summed E-state index contributed by atoms with van der Waals surface area (Å²) in [5.74, 6) is 1.44. The third-order valence-electron chi connectivity index (χ3n) is 4.74. The van der Waals surface area contributed by atoms with Crippen molar-refractivity contribution in [2.75, 3.05) is 13.3 Å². The number of hydrogen-bond acceptors (Lipinski definition) is 5. The standard InChI is InChI=1S/C21H22N4O3/c26-21(23-9-4-10-25-14-22-13-24-25)12-18(16-5-2-1-3-6-16)17-7-8-19-20(11-17)28-15-27-19/h1-3,5-8,11,13-14,18H,4,9-10,12,15H2,(H,23,26)/t18-/m1/s1. The summed E-state index contributed by atoms with van der Waals surface area (Å²) in [5.41, 5.74) is 2.13. The lowest BCUT2D eigenvalue weighted by Gasteiger charge is -2.18. The molecule has 1 aromatic heterocycles. The second-order valence-corrected chi connectivity index (χ2v) is 6.64. The third-order valence-corrected chi connectivity index (χ3v) is 4.74. The second kappa shape index (κ2) is 8.56. The predicted octanol–water partition coefficient (Wildman–Crippen LogP) is 2.74. The van der Waals surface area contributed by atoms with Crippen molar-refractivity contribution in [3.05, 3.63) is 72.3 Å². The Hall–Kier alpha value is -3.35. The van der Waals surface area contributed by atoms with Crippen LogP contribution in [0.5, 0.6) is 11.5 Å². The molecule has 0 radical (unpaired) electrons. The summed E-state index contributed by atoms with van der Waals surface area (Å²) >= 11 is 0. The van der Waals surface area contributed by atoms with Crippen LogP contribution < -0.4 is 14.8 Å². The van der Waals surface area contributed by atoms with Crippen LogP contribution in [0.25, 0.3) is 0 Å². The maximum absolute atomic E-state index is 12.6. The van der Waals surface area contributed by atoms with E-state index in [4.69, 9.17) is 9.47 Å². The van der Waals surface area contributed by atoms with Crippen LogP contribution in [-0.4, -0.2) is 34.0 Å². The normalized spacial score (nSPS) is 13.3. The SMILES string of the molecule is O=C(C[C@H](c1ccccc1)c1ccc2c(c1)OCO2)NCCCn1cncn1. The molecule has 0 saturated carbocycles. The van der Waals surface area contributed by atoms with E-state index in [0.29, 0.717) is 13.0 Å². The molecule has 3 aromatic rings. The summed E-state index contributed by atoms with van der Waals surface area (Å²) in [6, 6.07) is 15.9. The molecule has 0 aliphatic carbocycles. The van der Waals surface area contributed by atoms with Crippen molar-refractivity contribution in [3.63, 3.8) is 0 Å². The number of aryl methyl sites for hydroxylation is 1. The quantitative estimate of drug-likeness (QED) is 0.610. The molecule has 0 saturated heterocycles. The zero-order valence-corrected chi connectivity index (χ0v) is 15.5. The van der Waals surface area contributed by atoms with E-state index in [-0.39, 0.29) is 18.6 Å². The average Bonchev–Trinajstić information content (AvgIpc) is 3.41. The minimum Gasteiger partial charge on any atom is -0.454 e. The molecule has 2 aromatic carbocycles. The van der Waals surface area contributed by atoms with Crippen LogP contribution in [0.1, 0.15) is 29.9 Å². The molecule has 1 N–H and O–H groups in total. The van der Waals surface area contributed by atoms with E-state index < -0.39 is 0 Å². The van der Waals surface area contributed by atoms with Gasteiger partial charge in [-0.2, -0.15) is 5.10 Å². The van der Waals surface area contributed by atoms with E-state index in [0.717, 1.165) is 35.6 Å². The second-order valence-electron chi connectivity index (χ2n) is 6.64. The maximum atomic E-state index is 12.6. The highest BCUT2D eigenvalue weighted by Crippen LogP contribution is 2.37. The lowest BCUT2D eigenvalue weighted by molar-refractivity contribution is -0.121. The molecule has 0 bridgehead atoms. The van der Waals surface area contributed by atoms with Crippen molar-refractivity contribution in [3.8, 4) is 11.5 Å². The Morgan fingerprint density at radius 3 is 2.79 bits per heavy atom. The monoisotopic (exact) mass is 378 g/mol. The lowest BCUT2D eigenvalue weighted by atomic mass is 9.88. The molecule has 0 spiro atoms. The molecule has 1 aliphatic heterocycles. The summed E-state index contributed by atoms with van der Waals surface area (Å²) in [6.07, 6.45) is 4.35. The van der Waals surface area contributed by atoms with Crippen molar-refractivity contribution in [1.82, 2.24) is 20.1 Å². The van der Waals surface area contributed by atoms with Gasteiger partial charge in [0.1, 0.15) is 12.7 Å². The maximum Gasteiger partial charge on any atom is 0.231 e. The number of benzene rings is 2. The molecular formula is C21H22N4O3. The summed E-state index contributed by atoms with van der Waals surface area (Å²) in [7, 11) is 0. The molecule has 2 heterocycles. The summed E-state index contributed by atoms with van der Waals surface area (Å²) in [6.45, 7) is 1.56. The van der Waals surface area contributed by atoms with E-state index in [1.807, 2.05) is 48.5 Å². The van der Waals surface area contributed by atoms with E-state index in [1.54, 1.807) is 11.0 Å². The fourth-order valence-corrected chi connectivity index (χ4v) is 3.32. The first-order valence-electron chi connectivity index (χ1n) is 9.33. The van der Waals surface area contributed by atoms with E-state index in [9.17, 15) is 4.79 Å². The highest BCUT2D eigenvalue weighted by atomic mass is 16.7. The Balaban J connectivity index is 1.41. The average molecular weight is 378 g/mol. The fourth-order valence-electron chi connectivity index (χ4n) is 3.32. The van der Waals surface area contributed by atoms with Crippen LogP contribution in [0.2, 0.25) is 0 Å². The molecule has 1 aliphatic rings. The number of fused-ring (bicyclic) bond motifs is 1. The fraction of sp³-hybridized carbons (Fsp3) is 0.286. The molecule has 7 nitrogen and oxygen atoms in total. The number of ether oxygens (including phenoxy) is 2. The zero-order chi connectivity index (χ0) is 19.2. The van der Waals surface area contributed by atoms with Crippen LogP contribution in [0, 0.1) is 0 Å². The highest BCUT2D eigenvalue weighted by Gasteiger charge is 2.21. The molecule has 1 atom stereocenters. The molecule has 0 fully saturated rings. The van der Waals surface area contributed by atoms with Gasteiger partial charge in [-0.05, 0) is 29.7 Å². The Morgan fingerprint density at radius 2 is 1.96 bits per heavy atom. The van der Waals surface area contributed by atoms with Gasteiger partial charge in [0.2, 0.25) is 12.7 Å². The Labute approximate surface area is 163 Å². The Bertz CT molecular complexity index is 913. The van der Waals surface area contributed by atoms with Crippen LogP contribution in [0.15, 0.2) is 61.2 Å². The number of carbonyl (C=O) groups is 1. The van der Waals surface area contributed by atoms with Crippen LogP contribution >= 0.6 is 0 Å². The van der Waals surface area contributed by atoms with Crippen molar-refractivity contribution in [1.29, 1.82) is 0 Å². The number of carbonyl (C=O) groups excluding carboxylic acids is 1. The van der Waals surface area contributed by atoms with Gasteiger partial charge in [0.15, 0.2) is 11.5 Å². The van der Waals surface area contributed by atoms with Gasteiger partial charge in [-0.3, -0.25) is 9.48 Å². The zero-order valence-electron chi connectivity index (χ0n) is 15.5. The Kier molecular flexibility index (Phi) is 5.51. The van der Waals surface area contributed by atoms with Crippen molar-refractivity contribution >= 4 is 5.91 Å². The molecule has 4 rings (SSSR count). The largest absolute Gasteiger partial charge is 0.454 e. The van der Waals surface area contributed by atoms with Gasteiger partial charge in [0, 0.05) is 25.4 Å². The molecule has 1 amide bonds. The van der Waals surface area contributed by atoms with Crippen LogP contribution in [-0.2, 0) is 11.3 Å². The van der Waals surface area contributed by atoms with Gasteiger partial charge in [-0.25, -0.2) is 4.98 Å². The van der Waals surface area contributed by atoms with Gasteiger partial charge in [0.25, 0.3) is 0 Å². The van der Waals surface area contributed by atoms with Crippen LogP contribution in [0.3, 0.4) is 0 Å². The molecule has 144 valence electrons. The van der Waals surface area contributed by atoms with Crippen molar-refractivity contribution < 1.29 is 14.3 Å². The summed E-state index contributed by atoms with van der Waals surface area (Å²) in [4.78, 5) is 16.5. The first kappa shape index (κ1) is 18.0. The molecular weight excluding hydrogens is 356 g/mol. The van der Waals surface area contributed by atoms with Crippen LogP contribution in [0.4, 0.5) is 0 Å². The molecule has 0 unspecified atom stereocenters. The Morgan fingerprint density at radius 1 is 1.11 bits per heavy atom. The minimum absolute atomic E-state index is 0.0186. The molecule has 28 heavy (non-hydrogen) atoms. The van der Waals surface area contributed by atoms with Gasteiger partial charge < -0.3 is 14.8 Å². The first-order chi connectivity index (χ1) is 13.8. The van der Waals surface area contributed by atoms with Crippen molar-refractivity contribution in [2.45, 2.75) is 25.3 Å². The number of hydrogen-bond donors (Lipinski definition) is 1. The van der Waals surface area contributed by atoms with Gasteiger partial charge in [-0.1, -0.05) is 36.4 Å². The highest BCUT2D eigenvalue weighted by molar-refractivity contribution is 5.77. The van der Waals surface area contributed by atoms with E-state index in [2.05, 4.69) is 15.4 Å². The molecule has 7 heteroatoms.